The molecule has 1 aliphatic heterocycles. The van der Waals surface area contributed by atoms with Crippen molar-refractivity contribution in [3.63, 3.8) is 0 Å². The summed E-state index contributed by atoms with van der Waals surface area (Å²) < 4.78 is 5.13. The molecule has 5 nitrogen and oxygen atoms in total. The van der Waals surface area contributed by atoms with Gasteiger partial charge < -0.3 is 14.7 Å². The topological polar surface area (TPSA) is 66.8 Å². The predicted octanol–water partition coefficient (Wildman–Crippen LogP) is 4.29. The summed E-state index contributed by atoms with van der Waals surface area (Å²) >= 11 is 6.03. The number of methoxy groups -OCH3 is 1. The molecule has 2 aromatic carbocycles. The summed E-state index contributed by atoms with van der Waals surface area (Å²) in [5.74, 6) is -1.45. The Morgan fingerprint density at radius 2 is 1.80 bits per heavy atom. The molecule has 1 fully saturated rings. The Balaban J connectivity index is 1.82. The summed E-state index contributed by atoms with van der Waals surface area (Å²) in [6, 6.07) is 12.1. The summed E-state index contributed by atoms with van der Waals surface area (Å²) in [5, 5.41) is 11.7. The van der Waals surface area contributed by atoms with Crippen molar-refractivity contribution in [3.05, 3.63) is 75.3 Å². The van der Waals surface area contributed by atoms with E-state index in [1.54, 1.807) is 31.4 Å². The van der Waals surface area contributed by atoms with Gasteiger partial charge in [-0.2, -0.15) is 0 Å². The molecule has 1 N–H and O–H groups in total. The molecule has 0 saturated carbocycles. The minimum Gasteiger partial charge on any atom is -0.507 e. The fourth-order valence-corrected chi connectivity index (χ4v) is 4.45. The average molecular weight is 426 g/mol. The number of likely N-dealkylation sites (tertiary alicyclic amines) is 1. The normalized spacial score (nSPS) is 20.5. The number of amides is 1. The van der Waals surface area contributed by atoms with E-state index in [1.165, 1.54) is 22.4 Å². The van der Waals surface area contributed by atoms with Crippen molar-refractivity contribution in [1.82, 2.24) is 4.90 Å². The van der Waals surface area contributed by atoms with Gasteiger partial charge in [-0.3, -0.25) is 9.59 Å². The summed E-state index contributed by atoms with van der Waals surface area (Å²) in [4.78, 5) is 27.2. The largest absolute Gasteiger partial charge is 0.507 e. The van der Waals surface area contributed by atoms with E-state index < -0.39 is 17.7 Å². The number of halogens is 1. The Morgan fingerprint density at radius 1 is 1.10 bits per heavy atom. The molecule has 0 radical (unpaired) electrons. The second kappa shape index (κ2) is 8.62. The quantitative estimate of drug-likeness (QED) is 0.441. The molecule has 2 aromatic rings. The van der Waals surface area contributed by atoms with Gasteiger partial charge in [-0.25, -0.2) is 0 Å². The van der Waals surface area contributed by atoms with E-state index in [-0.39, 0.29) is 24.5 Å². The molecule has 1 aliphatic carbocycles. The van der Waals surface area contributed by atoms with Crippen LogP contribution in [0.5, 0.6) is 0 Å². The van der Waals surface area contributed by atoms with Crippen LogP contribution >= 0.6 is 11.6 Å². The fraction of sp³-hybridized carbons (Fsp3) is 0.333. The lowest BCUT2D eigenvalue weighted by atomic mass is 9.89. The Hall–Kier alpha value is -2.63. The van der Waals surface area contributed by atoms with E-state index in [0.717, 1.165) is 19.3 Å². The molecule has 0 bridgehead atoms. The first-order valence-corrected chi connectivity index (χ1v) is 10.5. The number of fused-ring (bicyclic) bond motifs is 1. The van der Waals surface area contributed by atoms with E-state index in [2.05, 4.69) is 0 Å². The van der Waals surface area contributed by atoms with Crippen molar-refractivity contribution in [1.29, 1.82) is 0 Å². The molecule has 1 saturated heterocycles. The Labute approximate surface area is 180 Å². The number of aryl methyl sites for hydroxylation is 2. The SMILES string of the molecule is COCCN1C(=O)C(=O)/C(=C(\O)c2ccc3c(c2)CCCC3)C1c1ccc(Cl)cc1. The molecule has 2 aliphatic rings. The Bertz CT molecular complexity index is 1010. The molecular weight excluding hydrogens is 402 g/mol. The number of aliphatic hydroxyl groups excluding tert-OH is 1. The van der Waals surface area contributed by atoms with Crippen LogP contribution in [0.25, 0.3) is 5.76 Å². The maximum atomic E-state index is 13.0. The highest BCUT2D eigenvalue weighted by Gasteiger charge is 2.45. The van der Waals surface area contributed by atoms with Gasteiger partial charge in [0.2, 0.25) is 0 Å². The monoisotopic (exact) mass is 425 g/mol. The van der Waals surface area contributed by atoms with Crippen LogP contribution in [-0.2, 0) is 27.2 Å². The lowest BCUT2D eigenvalue weighted by molar-refractivity contribution is -0.140. The van der Waals surface area contributed by atoms with Crippen LogP contribution in [0.4, 0.5) is 0 Å². The number of ether oxygens (including phenoxy) is 1. The number of benzene rings is 2. The van der Waals surface area contributed by atoms with Crippen molar-refractivity contribution in [2.45, 2.75) is 31.7 Å². The minimum atomic E-state index is -0.687. The molecule has 1 unspecified atom stereocenters. The number of carbonyl (C=O) groups is 2. The van der Waals surface area contributed by atoms with Gasteiger partial charge in [-0.05, 0) is 60.6 Å². The number of Topliss-reactive ketones (excluding diaryl/α,β-unsaturated/α-hetero) is 1. The molecule has 1 amide bonds. The molecule has 1 atom stereocenters. The third-order valence-electron chi connectivity index (χ3n) is 5.88. The zero-order valence-electron chi connectivity index (χ0n) is 16.9. The van der Waals surface area contributed by atoms with Gasteiger partial charge in [0.05, 0.1) is 18.2 Å². The van der Waals surface area contributed by atoms with E-state index in [1.807, 2.05) is 18.2 Å². The number of aliphatic hydroxyl groups is 1. The van der Waals surface area contributed by atoms with Crippen molar-refractivity contribution in [3.8, 4) is 0 Å². The van der Waals surface area contributed by atoms with E-state index in [0.29, 0.717) is 16.1 Å². The van der Waals surface area contributed by atoms with Crippen LogP contribution in [0.1, 0.15) is 41.1 Å². The molecule has 4 rings (SSSR count). The van der Waals surface area contributed by atoms with Crippen molar-refractivity contribution >= 4 is 29.1 Å². The highest BCUT2D eigenvalue weighted by Crippen LogP contribution is 2.40. The van der Waals surface area contributed by atoms with Gasteiger partial charge in [0.25, 0.3) is 11.7 Å². The van der Waals surface area contributed by atoms with E-state index in [4.69, 9.17) is 16.3 Å². The van der Waals surface area contributed by atoms with Crippen LogP contribution < -0.4 is 0 Å². The molecule has 6 heteroatoms. The van der Waals surface area contributed by atoms with E-state index >= 15 is 0 Å². The highest BCUT2D eigenvalue weighted by molar-refractivity contribution is 6.46. The summed E-state index contributed by atoms with van der Waals surface area (Å²) in [6.45, 7) is 0.533. The maximum absolute atomic E-state index is 13.0. The molecule has 30 heavy (non-hydrogen) atoms. The summed E-state index contributed by atoms with van der Waals surface area (Å²) in [5.41, 5.74) is 3.87. The van der Waals surface area contributed by atoms with Crippen LogP contribution in [0, 0.1) is 0 Å². The van der Waals surface area contributed by atoms with Gasteiger partial charge in [0, 0.05) is 24.2 Å². The van der Waals surface area contributed by atoms with E-state index in [9.17, 15) is 14.7 Å². The first kappa shape index (κ1) is 20.6. The van der Waals surface area contributed by atoms with Gasteiger partial charge in [0.1, 0.15) is 5.76 Å². The Kier molecular flexibility index (Phi) is 5.93. The number of hydrogen-bond donors (Lipinski definition) is 1. The molecule has 156 valence electrons. The number of ketones is 1. The second-order valence-electron chi connectivity index (χ2n) is 7.73. The third kappa shape index (κ3) is 3.75. The number of hydrogen-bond acceptors (Lipinski definition) is 4. The van der Waals surface area contributed by atoms with Gasteiger partial charge in [-0.15, -0.1) is 0 Å². The lowest BCUT2D eigenvalue weighted by Gasteiger charge is -2.25. The van der Waals surface area contributed by atoms with Gasteiger partial charge in [0.15, 0.2) is 0 Å². The zero-order chi connectivity index (χ0) is 21.3. The van der Waals surface area contributed by atoms with Crippen molar-refractivity contribution < 1.29 is 19.4 Å². The first-order chi connectivity index (χ1) is 14.5. The van der Waals surface area contributed by atoms with Crippen molar-refractivity contribution in [2.75, 3.05) is 20.3 Å². The average Bonchev–Trinajstić information content (AvgIpc) is 3.02. The third-order valence-corrected chi connectivity index (χ3v) is 6.14. The van der Waals surface area contributed by atoms with Crippen LogP contribution in [-0.4, -0.2) is 42.0 Å². The standard InChI is InChI=1S/C24H24ClNO4/c1-30-13-12-26-21(16-8-10-19(25)11-9-16)20(23(28)24(26)29)22(27)18-7-6-15-4-2-3-5-17(15)14-18/h6-11,14,21,27H,2-5,12-13H2,1H3/b22-20-. The molecular formula is C24H24ClNO4. The van der Waals surface area contributed by atoms with Gasteiger partial charge >= 0.3 is 0 Å². The van der Waals surface area contributed by atoms with Gasteiger partial charge in [-0.1, -0.05) is 35.9 Å². The zero-order valence-corrected chi connectivity index (χ0v) is 17.6. The first-order valence-electron chi connectivity index (χ1n) is 10.2. The summed E-state index contributed by atoms with van der Waals surface area (Å²) in [7, 11) is 1.54. The predicted molar refractivity (Wildman–Crippen MR) is 115 cm³/mol. The van der Waals surface area contributed by atoms with Crippen LogP contribution in [0.3, 0.4) is 0 Å². The minimum absolute atomic E-state index is 0.106. The summed E-state index contributed by atoms with van der Waals surface area (Å²) in [6.07, 6.45) is 4.27. The lowest BCUT2D eigenvalue weighted by Crippen LogP contribution is -2.32. The van der Waals surface area contributed by atoms with Crippen molar-refractivity contribution in [2.24, 2.45) is 0 Å². The second-order valence-corrected chi connectivity index (χ2v) is 8.16. The Morgan fingerprint density at radius 3 is 2.50 bits per heavy atom. The van der Waals surface area contributed by atoms with Crippen LogP contribution in [0.2, 0.25) is 5.02 Å². The molecule has 0 spiro atoms. The smallest absolute Gasteiger partial charge is 0.295 e. The number of nitrogens with zero attached hydrogens (tertiary/aromatic N) is 1. The maximum Gasteiger partial charge on any atom is 0.295 e. The number of carbonyl (C=O) groups excluding carboxylic acids is 2. The molecule has 0 aromatic heterocycles. The number of rotatable bonds is 5. The fourth-order valence-electron chi connectivity index (χ4n) is 4.33. The van der Waals surface area contributed by atoms with Crippen LogP contribution in [0.15, 0.2) is 48.0 Å². The highest BCUT2D eigenvalue weighted by atomic mass is 35.5. The molecule has 1 heterocycles.